The lowest BCUT2D eigenvalue weighted by Crippen LogP contribution is -2.25. The maximum absolute atomic E-state index is 12.8. The van der Waals surface area contributed by atoms with Gasteiger partial charge in [-0.3, -0.25) is 14.2 Å². The van der Waals surface area contributed by atoms with Crippen LogP contribution in [0.15, 0.2) is 65.8 Å². The van der Waals surface area contributed by atoms with Crippen LogP contribution in [0.1, 0.15) is 27.3 Å². The summed E-state index contributed by atoms with van der Waals surface area (Å²) in [5.74, 6) is 0.578. The molecule has 0 radical (unpaired) electrons. The monoisotopic (exact) mass is 569 g/mol. The Labute approximate surface area is 234 Å². The Kier molecular flexibility index (Phi) is 8.93. The normalized spacial score (nSPS) is 10.8. The molecular formula is C27H25Cl2N5O3S. The summed E-state index contributed by atoms with van der Waals surface area (Å²) < 4.78 is 7.31. The first kappa shape index (κ1) is 27.5. The molecule has 0 aliphatic heterocycles. The van der Waals surface area contributed by atoms with Crippen molar-refractivity contribution in [1.29, 1.82) is 0 Å². The number of benzene rings is 3. The van der Waals surface area contributed by atoms with Gasteiger partial charge in [-0.25, -0.2) is 0 Å². The number of nitrogens with zero attached hydrogens (tertiary/aromatic N) is 3. The van der Waals surface area contributed by atoms with Gasteiger partial charge in [-0.15, -0.1) is 10.2 Å². The number of ether oxygens (including phenoxy) is 1. The van der Waals surface area contributed by atoms with Crippen molar-refractivity contribution in [2.45, 2.75) is 25.5 Å². The second-order valence-electron chi connectivity index (χ2n) is 8.37. The summed E-state index contributed by atoms with van der Waals surface area (Å²) >= 11 is 13.4. The fraction of sp³-hybridized carbons (Fsp3) is 0.185. The van der Waals surface area contributed by atoms with Crippen LogP contribution in [0, 0.1) is 13.8 Å². The van der Waals surface area contributed by atoms with E-state index in [2.05, 4.69) is 20.8 Å². The molecule has 4 aromatic rings. The van der Waals surface area contributed by atoms with Crippen molar-refractivity contribution >= 4 is 52.5 Å². The van der Waals surface area contributed by atoms with Gasteiger partial charge in [0.25, 0.3) is 5.91 Å². The molecule has 0 unspecified atom stereocenters. The molecular weight excluding hydrogens is 545 g/mol. The summed E-state index contributed by atoms with van der Waals surface area (Å²) in [5.41, 5.74) is 3.76. The number of aryl methyl sites for hydroxylation is 2. The van der Waals surface area contributed by atoms with Crippen LogP contribution >= 0.6 is 35.0 Å². The lowest BCUT2D eigenvalue weighted by atomic mass is 10.1. The zero-order chi connectivity index (χ0) is 27.2. The summed E-state index contributed by atoms with van der Waals surface area (Å²) in [6.45, 7) is 3.97. The Balaban J connectivity index is 1.56. The van der Waals surface area contributed by atoms with Crippen molar-refractivity contribution in [2.24, 2.45) is 0 Å². The second kappa shape index (κ2) is 12.3. The van der Waals surface area contributed by atoms with Gasteiger partial charge in [0.1, 0.15) is 5.75 Å². The highest BCUT2D eigenvalue weighted by molar-refractivity contribution is 7.99. The van der Waals surface area contributed by atoms with Gasteiger partial charge in [-0.2, -0.15) is 0 Å². The summed E-state index contributed by atoms with van der Waals surface area (Å²) in [6, 6.07) is 17.9. The number of hydrogen-bond acceptors (Lipinski definition) is 6. The number of methoxy groups -OCH3 is 1. The third kappa shape index (κ3) is 6.48. The van der Waals surface area contributed by atoms with E-state index < -0.39 is 0 Å². The topological polar surface area (TPSA) is 98.1 Å². The summed E-state index contributed by atoms with van der Waals surface area (Å²) in [5, 5.41) is 15.5. The van der Waals surface area contributed by atoms with Crippen molar-refractivity contribution in [2.75, 3.05) is 18.2 Å². The van der Waals surface area contributed by atoms with Gasteiger partial charge in [0.15, 0.2) is 11.0 Å². The second-order valence-corrected chi connectivity index (χ2v) is 10.2. The van der Waals surface area contributed by atoms with Gasteiger partial charge in [0.2, 0.25) is 5.91 Å². The smallest absolute Gasteiger partial charge is 0.253 e. The quantitative estimate of drug-likeness (QED) is 0.245. The fourth-order valence-electron chi connectivity index (χ4n) is 3.68. The third-order valence-electron chi connectivity index (χ3n) is 5.61. The molecule has 8 nitrogen and oxygen atoms in total. The molecule has 0 aliphatic rings. The first-order valence-corrected chi connectivity index (χ1v) is 13.3. The number of amides is 2. The number of thioether (sulfide) groups is 1. The summed E-state index contributed by atoms with van der Waals surface area (Å²) in [4.78, 5) is 25.6. The Morgan fingerprint density at radius 2 is 1.82 bits per heavy atom. The molecule has 4 rings (SSSR count). The average Bonchev–Trinajstić information content (AvgIpc) is 3.30. The number of para-hydroxylation sites is 2. The van der Waals surface area contributed by atoms with Crippen molar-refractivity contribution in [3.63, 3.8) is 0 Å². The molecule has 3 aromatic carbocycles. The number of carbonyl (C=O) groups excluding carboxylic acids is 2. The number of aromatic nitrogens is 3. The lowest BCUT2D eigenvalue weighted by Gasteiger charge is -2.14. The first-order chi connectivity index (χ1) is 18.3. The number of rotatable bonds is 9. The predicted octanol–water partition coefficient (Wildman–Crippen LogP) is 5.86. The van der Waals surface area contributed by atoms with Crippen LogP contribution in [-0.4, -0.2) is 39.4 Å². The molecule has 0 spiro atoms. The highest BCUT2D eigenvalue weighted by atomic mass is 35.5. The van der Waals surface area contributed by atoms with E-state index in [1.165, 1.54) is 17.8 Å². The Bertz CT molecular complexity index is 1490. The molecule has 0 atom stereocenters. The fourth-order valence-corrected chi connectivity index (χ4v) is 4.94. The molecule has 0 saturated carbocycles. The number of halogens is 2. The van der Waals surface area contributed by atoms with E-state index in [1.807, 2.05) is 56.3 Å². The van der Waals surface area contributed by atoms with E-state index in [9.17, 15) is 9.59 Å². The Hall–Kier alpha value is -3.53. The number of nitrogens with one attached hydrogen (secondary N) is 2. The van der Waals surface area contributed by atoms with Crippen LogP contribution in [0.2, 0.25) is 10.0 Å². The molecule has 0 fully saturated rings. The molecule has 1 heterocycles. The third-order valence-corrected chi connectivity index (χ3v) is 7.09. The lowest BCUT2D eigenvalue weighted by molar-refractivity contribution is -0.113. The Morgan fingerprint density at radius 3 is 2.58 bits per heavy atom. The van der Waals surface area contributed by atoms with E-state index in [0.717, 1.165) is 16.8 Å². The summed E-state index contributed by atoms with van der Waals surface area (Å²) in [7, 11) is 1.57. The number of anilines is 1. The van der Waals surface area contributed by atoms with Crippen molar-refractivity contribution in [3.8, 4) is 11.4 Å². The number of carbonyl (C=O) groups is 2. The summed E-state index contributed by atoms with van der Waals surface area (Å²) in [6.07, 6.45) is 0. The van der Waals surface area contributed by atoms with Crippen LogP contribution < -0.4 is 15.4 Å². The van der Waals surface area contributed by atoms with Crippen LogP contribution in [0.25, 0.3) is 5.69 Å². The molecule has 196 valence electrons. The van der Waals surface area contributed by atoms with Crippen molar-refractivity contribution in [1.82, 2.24) is 20.1 Å². The van der Waals surface area contributed by atoms with Crippen LogP contribution in [0.4, 0.5) is 5.69 Å². The van der Waals surface area contributed by atoms with Gasteiger partial charge >= 0.3 is 0 Å². The largest absolute Gasteiger partial charge is 0.495 e. The van der Waals surface area contributed by atoms with Gasteiger partial charge in [0, 0.05) is 10.7 Å². The molecule has 0 bridgehead atoms. The van der Waals surface area contributed by atoms with E-state index in [4.69, 9.17) is 27.9 Å². The maximum atomic E-state index is 12.8. The number of hydrogen-bond donors (Lipinski definition) is 2. The van der Waals surface area contributed by atoms with Gasteiger partial charge in [-0.1, -0.05) is 59.2 Å². The standard InChI is InChI=1S/C27H25Cl2N5O3S/c1-16-8-9-17(2)21(12-16)31-25(35)15-38-27-33-32-24(34(27)22-6-4-5-7-23(22)37-3)14-30-26(36)19-11-10-18(28)13-20(19)29/h4-13H,14-15H2,1-3H3,(H,30,36)(H,31,35). The predicted molar refractivity (Wildman–Crippen MR) is 151 cm³/mol. The average molecular weight is 571 g/mol. The molecule has 2 N–H and O–H groups in total. The van der Waals surface area contributed by atoms with E-state index >= 15 is 0 Å². The van der Waals surface area contributed by atoms with Gasteiger partial charge < -0.3 is 15.4 Å². The highest BCUT2D eigenvalue weighted by Crippen LogP contribution is 2.29. The van der Waals surface area contributed by atoms with E-state index in [-0.39, 0.29) is 34.7 Å². The SMILES string of the molecule is COc1ccccc1-n1c(CNC(=O)c2ccc(Cl)cc2Cl)nnc1SCC(=O)Nc1cc(C)ccc1C. The zero-order valence-corrected chi connectivity index (χ0v) is 23.2. The molecule has 1 aromatic heterocycles. The van der Waals surface area contributed by atoms with E-state index in [1.54, 1.807) is 23.8 Å². The van der Waals surface area contributed by atoms with Crippen molar-refractivity contribution < 1.29 is 14.3 Å². The molecule has 0 aliphatic carbocycles. The minimum absolute atomic E-state index is 0.0537. The van der Waals surface area contributed by atoms with E-state index in [0.29, 0.717) is 27.4 Å². The molecule has 2 amide bonds. The van der Waals surface area contributed by atoms with Crippen LogP contribution in [0.5, 0.6) is 5.75 Å². The minimum Gasteiger partial charge on any atom is -0.495 e. The Morgan fingerprint density at radius 1 is 1.03 bits per heavy atom. The van der Waals surface area contributed by atoms with Crippen molar-refractivity contribution in [3.05, 3.63) is 93.2 Å². The van der Waals surface area contributed by atoms with Crippen LogP contribution in [-0.2, 0) is 11.3 Å². The van der Waals surface area contributed by atoms with Crippen LogP contribution in [0.3, 0.4) is 0 Å². The molecule has 0 saturated heterocycles. The maximum Gasteiger partial charge on any atom is 0.253 e. The highest BCUT2D eigenvalue weighted by Gasteiger charge is 2.20. The first-order valence-electron chi connectivity index (χ1n) is 11.6. The zero-order valence-electron chi connectivity index (χ0n) is 20.9. The van der Waals surface area contributed by atoms with Gasteiger partial charge in [-0.05, 0) is 61.4 Å². The molecule has 38 heavy (non-hydrogen) atoms. The van der Waals surface area contributed by atoms with Gasteiger partial charge in [0.05, 0.1) is 35.7 Å². The molecule has 11 heteroatoms. The minimum atomic E-state index is -0.386.